The second-order valence-corrected chi connectivity index (χ2v) is 8.80. The molecule has 1 unspecified atom stereocenters. The third-order valence-corrected chi connectivity index (χ3v) is 6.43. The fraction of sp³-hybridized carbons (Fsp3) is 0.310. The number of rotatable bonds is 9. The molecule has 176 valence electrons. The monoisotopic (exact) mass is 457 g/mol. The standard InChI is InChI=1S/C29H31NO4/c31-21-29(33)34-27-16-8-14-25-24(13-7-15-26(25)27)17-18-28(32)30(19-22-9-3-1-4-10-22)20-23-11-5-2-6-12-23/h1-6,8-12,14,16,24,31H,7,13,15,17-21H2. The van der Waals surface area contributed by atoms with Crippen LogP contribution in [0.5, 0.6) is 5.75 Å². The second-order valence-electron chi connectivity index (χ2n) is 8.80. The van der Waals surface area contributed by atoms with Crippen LogP contribution < -0.4 is 4.74 Å². The number of amides is 1. The summed E-state index contributed by atoms with van der Waals surface area (Å²) in [4.78, 5) is 26.9. The molecule has 1 atom stereocenters. The molecule has 0 fully saturated rings. The highest BCUT2D eigenvalue weighted by Crippen LogP contribution is 2.39. The number of carbonyl (C=O) groups excluding carboxylic acids is 2. The Balaban J connectivity index is 1.46. The highest BCUT2D eigenvalue weighted by Gasteiger charge is 2.25. The van der Waals surface area contributed by atoms with E-state index >= 15 is 0 Å². The Morgan fingerprint density at radius 3 is 2.15 bits per heavy atom. The van der Waals surface area contributed by atoms with E-state index in [0.717, 1.165) is 47.9 Å². The SMILES string of the molecule is O=C(CO)Oc1cccc2c1CCCC2CCC(=O)N(Cc1ccccc1)Cc1ccccc1. The predicted octanol–water partition coefficient (Wildman–Crippen LogP) is 5.01. The minimum atomic E-state index is -0.650. The molecule has 1 aliphatic rings. The summed E-state index contributed by atoms with van der Waals surface area (Å²) in [5, 5.41) is 9.04. The van der Waals surface area contributed by atoms with Crippen LogP contribution >= 0.6 is 0 Å². The average molecular weight is 458 g/mol. The lowest BCUT2D eigenvalue weighted by molar-refractivity contribution is -0.137. The van der Waals surface area contributed by atoms with E-state index in [0.29, 0.717) is 25.3 Å². The van der Waals surface area contributed by atoms with Gasteiger partial charge in [-0.3, -0.25) is 4.79 Å². The number of carbonyl (C=O) groups is 2. The minimum Gasteiger partial charge on any atom is -0.425 e. The second kappa shape index (κ2) is 11.6. The third kappa shape index (κ3) is 6.12. The maximum absolute atomic E-state index is 13.4. The molecule has 0 bridgehead atoms. The van der Waals surface area contributed by atoms with Gasteiger partial charge in [0, 0.05) is 19.5 Å². The third-order valence-electron chi connectivity index (χ3n) is 6.43. The van der Waals surface area contributed by atoms with Gasteiger partial charge in [-0.05, 0) is 59.9 Å². The number of esters is 1. The van der Waals surface area contributed by atoms with Gasteiger partial charge in [0.25, 0.3) is 0 Å². The molecule has 1 amide bonds. The quantitative estimate of drug-likeness (QED) is 0.362. The summed E-state index contributed by atoms with van der Waals surface area (Å²) >= 11 is 0. The molecule has 5 heteroatoms. The topological polar surface area (TPSA) is 66.8 Å². The molecule has 3 aromatic carbocycles. The summed E-state index contributed by atoms with van der Waals surface area (Å²) in [6.45, 7) is 0.522. The van der Waals surface area contributed by atoms with E-state index in [1.165, 1.54) is 0 Å². The van der Waals surface area contributed by atoms with Crippen molar-refractivity contribution in [1.29, 1.82) is 0 Å². The van der Waals surface area contributed by atoms with Crippen molar-refractivity contribution in [1.82, 2.24) is 4.90 Å². The number of benzene rings is 3. The summed E-state index contributed by atoms with van der Waals surface area (Å²) in [6, 6.07) is 25.9. The van der Waals surface area contributed by atoms with E-state index in [-0.39, 0.29) is 11.8 Å². The summed E-state index contributed by atoms with van der Waals surface area (Å²) < 4.78 is 5.34. The summed E-state index contributed by atoms with van der Waals surface area (Å²) in [7, 11) is 0. The maximum Gasteiger partial charge on any atom is 0.337 e. The van der Waals surface area contributed by atoms with Crippen LogP contribution in [0, 0.1) is 0 Å². The number of aliphatic hydroxyl groups excluding tert-OH is 1. The first-order valence-electron chi connectivity index (χ1n) is 11.9. The van der Waals surface area contributed by atoms with E-state index < -0.39 is 12.6 Å². The Bertz CT molecular complexity index is 1060. The Morgan fingerprint density at radius 2 is 1.53 bits per heavy atom. The number of aliphatic hydroxyl groups is 1. The van der Waals surface area contributed by atoms with Crippen molar-refractivity contribution in [2.75, 3.05) is 6.61 Å². The fourth-order valence-corrected chi connectivity index (χ4v) is 4.76. The Hall–Kier alpha value is -3.44. The van der Waals surface area contributed by atoms with Gasteiger partial charge in [-0.15, -0.1) is 0 Å². The first kappa shape index (κ1) is 23.7. The van der Waals surface area contributed by atoms with Gasteiger partial charge >= 0.3 is 5.97 Å². The van der Waals surface area contributed by atoms with Gasteiger partial charge < -0.3 is 14.7 Å². The van der Waals surface area contributed by atoms with Gasteiger partial charge in [-0.1, -0.05) is 72.8 Å². The predicted molar refractivity (Wildman–Crippen MR) is 131 cm³/mol. The lowest BCUT2D eigenvalue weighted by atomic mass is 9.80. The molecular weight excluding hydrogens is 426 g/mol. The molecular formula is C29H31NO4. The molecule has 3 aromatic rings. The van der Waals surface area contributed by atoms with E-state index in [1.54, 1.807) is 6.07 Å². The van der Waals surface area contributed by atoms with Crippen LogP contribution in [0.2, 0.25) is 0 Å². The number of hydrogen-bond acceptors (Lipinski definition) is 4. The zero-order valence-corrected chi connectivity index (χ0v) is 19.4. The molecule has 1 N–H and O–H groups in total. The average Bonchev–Trinajstić information content (AvgIpc) is 2.88. The van der Waals surface area contributed by atoms with E-state index in [1.807, 2.05) is 47.4 Å². The fourth-order valence-electron chi connectivity index (χ4n) is 4.76. The van der Waals surface area contributed by atoms with Crippen LogP contribution in [0.25, 0.3) is 0 Å². The number of hydrogen-bond donors (Lipinski definition) is 1. The summed E-state index contributed by atoms with van der Waals surface area (Å²) in [5.41, 5.74) is 4.41. The van der Waals surface area contributed by atoms with Gasteiger partial charge in [0.1, 0.15) is 12.4 Å². The Kier molecular flexibility index (Phi) is 8.10. The number of ether oxygens (including phenoxy) is 1. The molecule has 4 rings (SSSR count). The van der Waals surface area contributed by atoms with Crippen LogP contribution in [-0.4, -0.2) is 28.5 Å². The van der Waals surface area contributed by atoms with Gasteiger partial charge in [-0.2, -0.15) is 0 Å². The molecule has 0 saturated carbocycles. The van der Waals surface area contributed by atoms with Crippen molar-refractivity contribution >= 4 is 11.9 Å². The molecule has 0 aliphatic heterocycles. The highest BCUT2D eigenvalue weighted by atomic mass is 16.5. The Labute approximate surface area is 201 Å². The van der Waals surface area contributed by atoms with Crippen LogP contribution in [0.4, 0.5) is 0 Å². The van der Waals surface area contributed by atoms with Crippen LogP contribution in [-0.2, 0) is 29.1 Å². The first-order valence-corrected chi connectivity index (χ1v) is 11.9. The van der Waals surface area contributed by atoms with Crippen LogP contribution in [0.3, 0.4) is 0 Å². The van der Waals surface area contributed by atoms with Gasteiger partial charge in [0.15, 0.2) is 0 Å². The normalized spacial score (nSPS) is 14.8. The minimum absolute atomic E-state index is 0.141. The molecule has 0 spiro atoms. The molecule has 1 aliphatic carbocycles. The lowest BCUT2D eigenvalue weighted by Crippen LogP contribution is -2.30. The molecule has 0 radical (unpaired) electrons. The smallest absolute Gasteiger partial charge is 0.337 e. The van der Waals surface area contributed by atoms with E-state index in [4.69, 9.17) is 9.84 Å². The van der Waals surface area contributed by atoms with Crippen LogP contribution in [0.1, 0.15) is 53.9 Å². The van der Waals surface area contributed by atoms with Crippen molar-refractivity contribution in [3.05, 3.63) is 101 Å². The zero-order chi connectivity index (χ0) is 23.8. The molecule has 0 heterocycles. The lowest BCUT2D eigenvalue weighted by Gasteiger charge is -2.28. The van der Waals surface area contributed by atoms with Crippen molar-refractivity contribution in [3.63, 3.8) is 0 Å². The Morgan fingerprint density at radius 1 is 0.882 bits per heavy atom. The first-order chi connectivity index (χ1) is 16.6. The summed E-state index contributed by atoms with van der Waals surface area (Å²) in [5.74, 6) is 0.268. The van der Waals surface area contributed by atoms with Gasteiger partial charge in [-0.25, -0.2) is 4.79 Å². The number of nitrogens with zero attached hydrogens (tertiary/aromatic N) is 1. The van der Waals surface area contributed by atoms with Crippen molar-refractivity contribution < 1.29 is 19.4 Å². The van der Waals surface area contributed by atoms with Gasteiger partial charge in [0.05, 0.1) is 0 Å². The highest BCUT2D eigenvalue weighted by molar-refractivity contribution is 5.76. The largest absolute Gasteiger partial charge is 0.425 e. The molecule has 0 saturated heterocycles. The van der Waals surface area contributed by atoms with E-state index in [9.17, 15) is 9.59 Å². The van der Waals surface area contributed by atoms with Crippen molar-refractivity contribution in [2.24, 2.45) is 0 Å². The molecule has 5 nitrogen and oxygen atoms in total. The molecule has 34 heavy (non-hydrogen) atoms. The maximum atomic E-state index is 13.4. The zero-order valence-electron chi connectivity index (χ0n) is 19.4. The van der Waals surface area contributed by atoms with Gasteiger partial charge in [0.2, 0.25) is 5.91 Å². The van der Waals surface area contributed by atoms with E-state index in [2.05, 4.69) is 30.3 Å². The summed E-state index contributed by atoms with van der Waals surface area (Å²) in [6.07, 6.45) is 4.04. The number of fused-ring (bicyclic) bond motifs is 1. The molecule has 0 aromatic heterocycles. The van der Waals surface area contributed by atoms with Crippen LogP contribution in [0.15, 0.2) is 78.9 Å². The van der Waals surface area contributed by atoms with Crippen molar-refractivity contribution in [2.45, 2.75) is 51.1 Å². The van der Waals surface area contributed by atoms with Crippen molar-refractivity contribution in [3.8, 4) is 5.75 Å².